The lowest BCUT2D eigenvalue weighted by molar-refractivity contribution is -0.132. The summed E-state index contributed by atoms with van der Waals surface area (Å²) in [6.07, 6.45) is 0. The number of carbonyl (C=O) groups is 3. The summed E-state index contributed by atoms with van der Waals surface area (Å²) < 4.78 is 23.7. The molecule has 1 aliphatic rings. The molecule has 1 atom stereocenters. The maximum atomic E-state index is 13.7. The maximum absolute atomic E-state index is 13.7. The topological polar surface area (TPSA) is 106 Å². The quantitative estimate of drug-likeness (QED) is 0.243. The van der Waals surface area contributed by atoms with Gasteiger partial charge in [-0.25, -0.2) is 14.2 Å². The lowest BCUT2D eigenvalue weighted by atomic mass is 9.95. The molecule has 35 heavy (non-hydrogen) atoms. The third-order valence-corrected chi connectivity index (χ3v) is 6.80. The van der Waals surface area contributed by atoms with Crippen molar-refractivity contribution in [2.75, 3.05) is 19.1 Å². The third kappa shape index (κ3) is 4.17. The Hall–Kier alpha value is -4.05. The van der Waals surface area contributed by atoms with Crippen LogP contribution in [0.1, 0.15) is 38.1 Å². The number of thiazole rings is 1. The van der Waals surface area contributed by atoms with Crippen LogP contribution < -0.4 is 9.64 Å². The fraction of sp³-hybridized carbons (Fsp3) is 0.200. The van der Waals surface area contributed by atoms with Crippen molar-refractivity contribution in [3.63, 3.8) is 0 Å². The number of ether oxygens (including phenoxy) is 2. The molecule has 0 saturated carbocycles. The first-order valence-corrected chi connectivity index (χ1v) is 11.3. The molecule has 2 heterocycles. The standard InChI is InChI=1S/C25H21FN2O6S/c1-12-11-15(7-10-17(12)33-3)20(29)18-19(14-5-8-16(26)9-6-14)28(23(31)21(18)30)25-27-13(2)22(35-25)24(32)34-4/h5-11,19,29H,1-4H3/b20-18+. The lowest BCUT2D eigenvalue weighted by Gasteiger charge is -2.23. The Morgan fingerprint density at radius 2 is 1.80 bits per heavy atom. The lowest BCUT2D eigenvalue weighted by Crippen LogP contribution is -2.29. The number of Topliss-reactive ketones (excluding diaryl/α,β-unsaturated/α-hetero) is 1. The summed E-state index contributed by atoms with van der Waals surface area (Å²) in [5.41, 5.74) is 1.53. The van der Waals surface area contributed by atoms with Crippen LogP contribution in [0.25, 0.3) is 5.76 Å². The van der Waals surface area contributed by atoms with Gasteiger partial charge in [0.15, 0.2) is 5.13 Å². The maximum Gasteiger partial charge on any atom is 0.350 e. The molecule has 0 bridgehead atoms. The number of nitrogens with zero attached hydrogens (tertiary/aromatic N) is 2. The first-order chi connectivity index (χ1) is 16.7. The highest BCUT2D eigenvalue weighted by Crippen LogP contribution is 2.44. The van der Waals surface area contributed by atoms with Crippen molar-refractivity contribution in [1.29, 1.82) is 0 Å². The summed E-state index contributed by atoms with van der Waals surface area (Å²) in [6.45, 7) is 3.36. The van der Waals surface area contributed by atoms with E-state index in [2.05, 4.69) is 4.98 Å². The zero-order chi connectivity index (χ0) is 25.4. The molecule has 1 aromatic heterocycles. The molecule has 0 radical (unpaired) electrons. The van der Waals surface area contributed by atoms with Crippen molar-refractivity contribution >= 4 is 39.9 Å². The van der Waals surface area contributed by atoms with Crippen LogP contribution in [0.4, 0.5) is 9.52 Å². The van der Waals surface area contributed by atoms with Gasteiger partial charge in [-0.1, -0.05) is 23.5 Å². The zero-order valence-electron chi connectivity index (χ0n) is 19.3. The molecule has 1 amide bonds. The van der Waals surface area contributed by atoms with E-state index in [1.807, 2.05) is 0 Å². The highest BCUT2D eigenvalue weighted by Gasteiger charge is 2.48. The minimum atomic E-state index is -1.10. The number of ketones is 1. The largest absolute Gasteiger partial charge is 0.507 e. The molecule has 1 unspecified atom stereocenters. The molecule has 3 aromatic rings. The second-order valence-corrected chi connectivity index (χ2v) is 8.79. The Morgan fingerprint density at radius 3 is 2.40 bits per heavy atom. The highest BCUT2D eigenvalue weighted by atomic mass is 32.1. The SMILES string of the molecule is COC(=O)c1sc(N2C(=O)C(=O)/C(=C(/O)c3ccc(OC)c(C)c3)C2c2ccc(F)cc2)nc1C. The van der Waals surface area contributed by atoms with E-state index in [1.165, 1.54) is 38.5 Å². The summed E-state index contributed by atoms with van der Waals surface area (Å²) in [5.74, 6) is -2.81. The molecular weight excluding hydrogens is 475 g/mol. The number of benzene rings is 2. The Labute approximate surface area is 204 Å². The minimum absolute atomic E-state index is 0.0734. The highest BCUT2D eigenvalue weighted by molar-refractivity contribution is 7.17. The molecule has 2 aromatic carbocycles. The van der Waals surface area contributed by atoms with Crippen LogP contribution in [0.15, 0.2) is 48.0 Å². The summed E-state index contributed by atoms with van der Waals surface area (Å²) in [7, 11) is 2.74. The van der Waals surface area contributed by atoms with Crippen LogP contribution in [0.5, 0.6) is 5.75 Å². The number of aromatic nitrogens is 1. The van der Waals surface area contributed by atoms with Gasteiger partial charge in [0, 0.05) is 5.56 Å². The second kappa shape index (κ2) is 9.30. The van der Waals surface area contributed by atoms with E-state index < -0.39 is 35.3 Å². The molecule has 10 heteroatoms. The van der Waals surface area contributed by atoms with Crippen LogP contribution in [0, 0.1) is 19.7 Å². The molecule has 1 fully saturated rings. The van der Waals surface area contributed by atoms with Crippen LogP contribution in [-0.4, -0.2) is 42.0 Å². The average Bonchev–Trinajstić information content (AvgIpc) is 3.35. The van der Waals surface area contributed by atoms with E-state index in [9.17, 15) is 23.9 Å². The first kappa shape index (κ1) is 24.1. The number of anilines is 1. The Balaban J connectivity index is 1.93. The van der Waals surface area contributed by atoms with E-state index in [0.717, 1.165) is 16.2 Å². The van der Waals surface area contributed by atoms with Crippen molar-refractivity contribution in [3.8, 4) is 5.75 Å². The van der Waals surface area contributed by atoms with Gasteiger partial charge in [-0.2, -0.15) is 0 Å². The Kier molecular flexibility index (Phi) is 6.40. The van der Waals surface area contributed by atoms with Gasteiger partial charge in [-0.15, -0.1) is 0 Å². The average molecular weight is 497 g/mol. The van der Waals surface area contributed by atoms with Gasteiger partial charge in [0.1, 0.15) is 22.2 Å². The van der Waals surface area contributed by atoms with Gasteiger partial charge in [0.25, 0.3) is 5.78 Å². The number of esters is 1. The number of aryl methyl sites for hydroxylation is 2. The molecule has 1 saturated heterocycles. The van der Waals surface area contributed by atoms with Crippen molar-refractivity contribution in [2.45, 2.75) is 19.9 Å². The van der Waals surface area contributed by atoms with Gasteiger partial charge < -0.3 is 14.6 Å². The summed E-state index contributed by atoms with van der Waals surface area (Å²) in [5, 5.41) is 11.3. The van der Waals surface area contributed by atoms with E-state index in [0.29, 0.717) is 28.1 Å². The number of methoxy groups -OCH3 is 2. The van der Waals surface area contributed by atoms with Gasteiger partial charge in [-0.05, 0) is 55.3 Å². The number of amides is 1. The zero-order valence-corrected chi connectivity index (χ0v) is 20.1. The number of aliphatic hydroxyl groups excluding tert-OH is 1. The van der Waals surface area contributed by atoms with E-state index in [1.54, 1.807) is 32.0 Å². The first-order valence-electron chi connectivity index (χ1n) is 10.4. The smallest absolute Gasteiger partial charge is 0.350 e. The number of hydrogen-bond donors (Lipinski definition) is 1. The summed E-state index contributed by atoms with van der Waals surface area (Å²) >= 11 is 0.886. The summed E-state index contributed by atoms with van der Waals surface area (Å²) in [4.78, 5) is 44.2. The molecule has 1 N–H and O–H groups in total. The van der Waals surface area contributed by atoms with Crippen molar-refractivity contribution in [3.05, 3.63) is 81.1 Å². The predicted molar refractivity (Wildman–Crippen MR) is 127 cm³/mol. The number of aliphatic hydroxyl groups is 1. The fourth-order valence-corrected chi connectivity index (χ4v) is 4.95. The number of halogens is 1. The van der Waals surface area contributed by atoms with E-state index >= 15 is 0 Å². The van der Waals surface area contributed by atoms with Gasteiger partial charge >= 0.3 is 11.9 Å². The van der Waals surface area contributed by atoms with Crippen LogP contribution in [0.2, 0.25) is 0 Å². The summed E-state index contributed by atoms with van der Waals surface area (Å²) in [6, 6.07) is 8.97. The Morgan fingerprint density at radius 1 is 1.11 bits per heavy atom. The predicted octanol–water partition coefficient (Wildman–Crippen LogP) is 4.32. The third-order valence-electron chi connectivity index (χ3n) is 5.66. The van der Waals surface area contributed by atoms with E-state index in [4.69, 9.17) is 9.47 Å². The minimum Gasteiger partial charge on any atom is -0.507 e. The monoisotopic (exact) mass is 496 g/mol. The van der Waals surface area contributed by atoms with Crippen molar-refractivity contribution in [2.24, 2.45) is 0 Å². The van der Waals surface area contributed by atoms with Crippen LogP contribution in [0.3, 0.4) is 0 Å². The molecule has 180 valence electrons. The van der Waals surface area contributed by atoms with Crippen LogP contribution >= 0.6 is 11.3 Å². The number of carbonyl (C=O) groups excluding carboxylic acids is 3. The van der Waals surface area contributed by atoms with Crippen LogP contribution in [-0.2, 0) is 14.3 Å². The molecule has 4 rings (SSSR count). The van der Waals surface area contributed by atoms with Gasteiger partial charge in [0.05, 0.1) is 31.5 Å². The number of rotatable bonds is 5. The second-order valence-electron chi connectivity index (χ2n) is 7.81. The normalized spacial score (nSPS) is 17.1. The number of hydrogen-bond acceptors (Lipinski definition) is 8. The van der Waals surface area contributed by atoms with E-state index in [-0.39, 0.29) is 15.6 Å². The molecule has 0 spiro atoms. The molecule has 1 aliphatic heterocycles. The fourth-order valence-electron chi connectivity index (χ4n) is 3.94. The van der Waals surface area contributed by atoms with Gasteiger partial charge in [-0.3, -0.25) is 14.5 Å². The molecular formula is C25H21FN2O6S. The van der Waals surface area contributed by atoms with Gasteiger partial charge in [0.2, 0.25) is 0 Å². The molecule has 0 aliphatic carbocycles. The van der Waals surface area contributed by atoms with Crippen molar-refractivity contribution < 1.29 is 33.4 Å². The molecule has 8 nitrogen and oxygen atoms in total. The Bertz CT molecular complexity index is 1380. The van der Waals surface area contributed by atoms with Crippen molar-refractivity contribution in [1.82, 2.24) is 4.98 Å².